The van der Waals surface area contributed by atoms with Gasteiger partial charge in [0.25, 0.3) is 5.91 Å². The van der Waals surface area contributed by atoms with E-state index in [0.29, 0.717) is 12.0 Å². The van der Waals surface area contributed by atoms with E-state index in [4.69, 9.17) is 5.11 Å². The zero-order valence-electron chi connectivity index (χ0n) is 12.3. The molecule has 0 bridgehead atoms. The van der Waals surface area contributed by atoms with Gasteiger partial charge in [0.05, 0.1) is 13.2 Å². The highest BCUT2D eigenvalue weighted by molar-refractivity contribution is 5.94. The van der Waals surface area contributed by atoms with E-state index in [1.54, 1.807) is 24.3 Å². The fraction of sp³-hybridized carbons (Fsp3) is 0.562. The number of amides is 1. The fourth-order valence-electron chi connectivity index (χ4n) is 2.62. The minimum atomic E-state index is -0.0579. The number of rotatable bonds is 6. The van der Waals surface area contributed by atoms with Crippen molar-refractivity contribution < 1.29 is 15.0 Å². The summed E-state index contributed by atoms with van der Waals surface area (Å²) in [5.74, 6) is -0.0579. The Morgan fingerprint density at radius 3 is 2.48 bits per heavy atom. The summed E-state index contributed by atoms with van der Waals surface area (Å²) in [5.41, 5.74) is 1.43. The molecule has 0 aliphatic carbocycles. The molecule has 1 aliphatic heterocycles. The van der Waals surface area contributed by atoms with Gasteiger partial charge in [0, 0.05) is 31.2 Å². The molecule has 5 heteroatoms. The number of carbonyl (C=O) groups is 1. The van der Waals surface area contributed by atoms with E-state index in [9.17, 15) is 9.90 Å². The molecule has 1 radical (unpaired) electrons. The number of aliphatic hydroxyl groups is 1. The van der Waals surface area contributed by atoms with Crippen LogP contribution in [0.4, 0.5) is 0 Å². The standard InChI is InChI=1S/C16H23N2O3/c19-11-1-8-18-9-6-15(7-10-18)17-16(21)14-4-2-13(12-20)3-5-14/h2-5,15,20H,1,6-12H2,(H,17,21). The first kappa shape index (κ1) is 15.9. The smallest absolute Gasteiger partial charge is 0.251 e. The number of carbonyl (C=O) groups excluding carboxylic acids is 1. The molecule has 1 aliphatic rings. The maximum absolute atomic E-state index is 12.1. The number of nitrogens with zero attached hydrogens (tertiary/aromatic N) is 1. The second kappa shape index (κ2) is 8.12. The van der Waals surface area contributed by atoms with Gasteiger partial charge in [0.1, 0.15) is 0 Å². The van der Waals surface area contributed by atoms with Gasteiger partial charge in [0.15, 0.2) is 0 Å². The largest absolute Gasteiger partial charge is 0.392 e. The van der Waals surface area contributed by atoms with Crippen LogP contribution in [0.1, 0.15) is 35.2 Å². The molecule has 1 aromatic rings. The topological polar surface area (TPSA) is 72.5 Å². The predicted molar refractivity (Wildman–Crippen MR) is 79.5 cm³/mol. The molecule has 2 N–H and O–H groups in total. The molecule has 1 amide bonds. The van der Waals surface area contributed by atoms with Crippen molar-refractivity contribution in [3.8, 4) is 0 Å². The summed E-state index contributed by atoms with van der Waals surface area (Å²) in [4.78, 5) is 14.4. The summed E-state index contributed by atoms with van der Waals surface area (Å²) in [6.07, 6.45) is 2.56. The van der Waals surface area contributed by atoms with Crippen molar-refractivity contribution in [2.45, 2.75) is 31.9 Å². The summed E-state index contributed by atoms with van der Waals surface area (Å²) < 4.78 is 0. The van der Waals surface area contributed by atoms with Crippen molar-refractivity contribution in [2.75, 3.05) is 26.2 Å². The number of nitrogens with one attached hydrogen (secondary N) is 1. The Bertz CT molecular complexity index is 439. The van der Waals surface area contributed by atoms with Crippen LogP contribution in [-0.2, 0) is 11.7 Å². The summed E-state index contributed by atoms with van der Waals surface area (Å²) in [6, 6.07) is 7.22. The molecule has 0 saturated carbocycles. The third-order valence-electron chi connectivity index (χ3n) is 3.94. The lowest BCUT2D eigenvalue weighted by molar-refractivity contribution is 0.0906. The Balaban J connectivity index is 1.78. The predicted octanol–water partition coefficient (Wildman–Crippen LogP) is 1.19. The van der Waals surface area contributed by atoms with Crippen LogP contribution in [0.2, 0.25) is 0 Å². The van der Waals surface area contributed by atoms with E-state index in [-0.39, 0.29) is 25.2 Å². The molecule has 1 aromatic carbocycles. The molecule has 0 spiro atoms. The van der Waals surface area contributed by atoms with Crippen LogP contribution in [0.25, 0.3) is 0 Å². The number of hydrogen-bond donors (Lipinski definition) is 2. The number of benzene rings is 1. The van der Waals surface area contributed by atoms with E-state index in [0.717, 1.165) is 38.0 Å². The average Bonchev–Trinajstić information content (AvgIpc) is 2.54. The van der Waals surface area contributed by atoms with Crippen molar-refractivity contribution in [1.29, 1.82) is 0 Å². The van der Waals surface area contributed by atoms with Crippen LogP contribution in [0, 0.1) is 0 Å². The third-order valence-corrected chi connectivity index (χ3v) is 3.94. The second-order valence-corrected chi connectivity index (χ2v) is 5.50. The Morgan fingerprint density at radius 2 is 1.90 bits per heavy atom. The lowest BCUT2D eigenvalue weighted by Crippen LogP contribution is -2.44. The molecule has 0 atom stereocenters. The van der Waals surface area contributed by atoms with Gasteiger partial charge < -0.3 is 15.3 Å². The van der Waals surface area contributed by atoms with E-state index < -0.39 is 0 Å². The normalized spacial score (nSPS) is 16.9. The minimum absolute atomic E-state index is 0.0102. The first-order chi connectivity index (χ1) is 10.2. The van der Waals surface area contributed by atoms with Crippen LogP contribution in [0.3, 0.4) is 0 Å². The Morgan fingerprint density at radius 1 is 1.24 bits per heavy atom. The lowest BCUT2D eigenvalue weighted by Gasteiger charge is -2.32. The van der Waals surface area contributed by atoms with Crippen LogP contribution in [-0.4, -0.2) is 48.2 Å². The molecular formula is C16H23N2O3. The number of aliphatic hydroxyl groups excluding tert-OH is 1. The molecule has 1 saturated heterocycles. The lowest BCUT2D eigenvalue weighted by atomic mass is 10.0. The van der Waals surface area contributed by atoms with Crippen molar-refractivity contribution in [2.24, 2.45) is 0 Å². The van der Waals surface area contributed by atoms with Gasteiger partial charge in [-0.2, -0.15) is 0 Å². The van der Waals surface area contributed by atoms with Gasteiger partial charge in [0.2, 0.25) is 0 Å². The Hall–Kier alpha value is -1.43. The minimum Gasteiger partial charge on any atom is -0.392 e. The molecule has 5 nitrogen and oxygen atoms in total. The highest BCUT2D eigenvalue weighted by Gasteiger charge is 2.20. The summed E-state index contributed by atoms with van der Waals surface area (Å²) in [7, 11) is 0. The van der Waals surface area contributed by atoms with Crippen LogP contribution < -0.4 is 5.32 Å². The van der Waals surface area contributed by atoms with E-state index in [1.807, 2.05) is 0 Å². The molecule has 115 valence electrons. The van der Waals surface area contributed by atoms with E-state index in [1.165, 1.54) is 0 Å². The van der Waals surface area contributed by atoms with Gasteiger partial charge in [-0.1, -0.05) is 12.1 Å². The molecule has 0 aromatic heterocycles. The molecule has 1 fully saturated rings. The third kappa shape index (κ3) is 4.81. The van der Waals surface area contributed by atoms with Crippen LogP contribution in [0.5, 0.6) is 0 Å². The van der Waals surface area contributed by atoms with Gasteiger partial charge in [-0.25, -0.2) is 5.11 Å². The molecule has 1 heterocycles. The maximum Gasteiger partial charge on any atom is 0.251 e. The quantitative estimate of drug-likeness (QED) is 0.827. The zero-order chi connectivity index (χ0) is 15.1. The SMILES string of the molecule is [O]CCCN1CCC(NC(=O)c2ccc(CO)cc2)CC1. The van der Waals surface area contributed by atoms with Gasteiger partial charge in [-0.3, -0.25) is 4.79 Å². The highest BCUT2D eigenvalue weighted by Crippen LogP contribution is 2.12. The first-order valence-corrected chi connectivity index (χ1v) is 7.54. The van der Waals surface area contributed by atoms with Crippen molar-refractivity contribution in [3.05, 3.63) is 35.4 Å². The molecular weight excluding hydrogens is 268 g/mol. The number of piperidine rings is 1. The van der Waals surface area contributed by atoms with E-state index in [2.05, 4.69) is 10.2 Å². The van der Waals surface area contributed by atoms with Crippen LogP contribution in [0.15, 0.2) is 24.3 Å². The zero-order valence-corrected chi connectivity index (χ0v) is 12.3. The van der Waals surface area contributed by atoms with Gasteiger partial charge in [-0.15, -0.1) is 0 Å². The monoisotopic (exact) mass is 291 g/mol. The van der Waals surface area contributed by atoms with Crippen molar-refractivity contribution >= 4 is 5.91 Å². The highest BCUT2D eigenvalue weighted by atomic mass is 16.3. The molecule has 21 heavy (non-hydrogen) atoms. The first-order valence-electron chi connectivity index (χ1n) is 7.54. The summed E-state index contributed by atoms with van der Waals surface area (Å²) >= 11 is 0. The van der Waals surface area contributed by atoms with E-state index >= 15 is 0 Å². The second-order valence-electron chi connectivity index (χ2n) is 5.50. The summed E-state index contributed by atoms with van der Waals surface area (Å²) in [6.45, 7) is 2.72. The fourth-order valence-corrected chi connectivity index (χ4v) is 2.62. The number of likely N-dealkylation sites (tertiary alicyclic amines) is 1. The summed E-state index contributed by atoms with van der Waals surface area (Å²) in [5, 5.41) is 22.5. The Labute approximate surface area is 125 Å². The van der Waals surface area contributed by atoms with Crippen molar-refractivity contribution in [1.82, 2.24) is 10.2 Å². The average molecular weight is 291 g/mol. The Kier molecular flexibility index (Phi) is 6.17. The van der Waals surface area contributed by atoms with Gasteiger partial charge >= 0.3 is 0 Å². The molecule has 0 unspecified atom stereocenters. The maximum atomic E-state index is 12.1. The van der Waals surface area contributed by atoms with Crippen molar-refractivity contribution in [3.63, 3.8) is 0 Å². The number of hydrogen-bond acceptors (Lipinski definition) is 3. The molecule has 2 rings (SSSR count). The van der Waals surface area contributed by atoms with Crippen LogP contribution >= 0.6 is 0 Å². The van der Waals surface area contributed by atoms with Gasteiger partial charge in [-0.05, 0) is 37.0 Å².